The number of fused-ring (bicyclic) bond motifs is 1. The van der Waals surface area contributed by atoms with Crippen LogP contribution >= 0.6 is 11.8 Å². The van der Waals surface area contributed by atoms with Crippen LogP contribution in [0.25, 0.3) is 0 Å². The van der Waals surface area contributed by atoms with Crippen molar-refractivity contribution in [2.45, 2.75) is 11.4 Å². The highest BCUT2D eigenvalue weighted by molar-refractivity contribution is 8.00. The predicted molar refractivity (Wildman–Crippen MR) is 69.4 cm³/mol. The van der Waals surface area contributed by atoms with Crippen molar-refractivity contribution in [2.75, 3.05) is 12.4 Å². The molecule has 0 aliphatic carbocycles. The summed E-state index contributed by atoms with van der Waals surface area (Å²) in [5, 5.41) is 12.3. The van der Waals surface area contributed by atoms with E-state index in [2.05, 4.69) is 9.99 Å². The number of nitrogens with zero attached hydrogens (tertiary/aromatic N) is 2. The van der Waals surface area contributed by atoms with Crippen molar-refractivity contribution in [3.63, 3.8) is 0 Å². The number of carboxylic acids is 1. The molecule has 2 aliphatic rings. The Labute approximate surface area is 117 Å². The zero-order valence-corrected chi connectivity index (χ0v) is 11.0. The number of rotatable bonds is 5. The summed E-state index contributed by atoms with van der Waals surface area (Å²) < 4.78 is 0. The summed E-state index contributed by atoms with van der Waals surface area (Å²) in [6.07, 6.45) is 1.16. The van der Waals surface area contributed by atoms with Crippen molar-refractivity contribution in [3.05, 3.63) is 11.3 Å². The van der Waals surface area contributed by atoms with Gasteiger partial charge in [0, 0.05) is 11.3 Å². The van der Waals surface area contributed by atoms with Crippen LogP contribution in [0.2, 0.25) is 0 Å². The van der Waals surface area contributed by atoms with Gasteiger partial charge in [0.1, 0.15) is 17.1 Å². The molecule has 0 aromatic heterocycles. The summed E-state index contributed by atoms with van der Waals surface area (Å²) in [6, 6.07) is -0.682. The van der Waals surface area contributed by atoms with E-state index in [-0.39, 0.29) is 11.1 Å². The predicted octanol–water partition coefficient (Wildman–Crippen LogP) is -1.94. The zero-order valence-electron chi connectivity index (χ0n) is 10.2. The van der Waals surface area contributed by atoms with Gasteiger partial charge in [-0.2, -0.15) is 0 Å². The third-order valence-corrected chi connectivity index (χ3v) is 4.05. The molecule has 0 aromatic carbocycles. The number of thioether (sulfide) groups is 1. The topological polar surface area (TPSA) is 148 Å². The lowest BCUT2D eigenvalue weighted by Crippen LogP contribution is -2.68. The van der Waals surface area contributed by atoms with E-state index >= 15 is 0 Å². The second kappa shape index (κ2) is 5.51. The number of carbonyl (C=O) groups excluding carboxylic acids is 2. The minimum Gasteiger partial charge on any atom is -0.477 e. The second-order valence-electron chi connectivity index (χ2n) is 4.09. The average molecular weight is 300 g/mol. The molecule has 20 heavy (non-hydrogen) atoms. The first-order valence-corrected chi connectivity index (χ1v) is 6.58. The van der Waals surface area contributed by atoms with Gasteiger partial charge in [0.05, 0.1) is 6.21 Å². The SMILES string of the molecule is NC(=O)CON=CC1=C(C(=O)O)N2C(=O)[C@@H](N)[C@H]2SC1. The van der Waals surface area contributed by atoms with Crippen LogP contribution in [0, 0.1) is 0 Å². The van der Waals surface area contributed by atoms with Crippen molar-refractivity contribution in [2.24, 2.45) is 16.6 Å². The smallest absolute Gasteiger partial charge is 0.353 e. The molecule has 0 saturated carbocycles. The Morgan fingerprint density at radius 1 is 1.60 bits per heavy atom. The van der Waals surface area contributed by atoms with Gasteiger partial charge in [-0.3, -0.25) is 14.5 Å². The Bertz CT molecular complexity index is 532. The van der Waals surface area contributed by atoms with E-state index in [0.29, 0.717) is 11.3 Å². The normalized spacial score (nSPS) is 25.4. The van der Waals surface area contributed by atoms with Gasteiger partial charge in [0.2, 0.25) is 5.91 Å². The summed E-state index contributed by atoms with van der Waals surface area (Å²) in [6.45, 7) is -0.407. The van der Waals surface area contributed by atoms with Crippen LogP contribution in [0.4, 0.5) is 0 Å². The van der Waals surface area contributed by atoms with Crippen molar-refractivity contribution in [3.8, 4) is 0 Å². The fraction of sp³-hybridized carbons (Fsp3) is 0.400. The van der Waals surface area contributed by atoms with E-state index in [1.54, 1.807) is 0 Å². The molecule has 2 rings (SSSR count). The monoisotopic (exact) mass is 300 g/mol. The van der Waals surface area contributed by atoms with E-state index < -0.39 is 30.4 Å². The quantitative estimate of drug-likeness (QED) is 0.303. The first kappa shape index (κ1) is 14.3. The van der Waals surface area contributed by atoms with Crippen molar-refractivity contribution in [1.29, 1.82) is 0 Å². The van der Waals surface area contributed by atoms with Gasteiger partial charge in [-0.05, 0) is 0 Å². The molecule has 0 radical (unpaired) electrons. The number of nitrogens with two attached hydrogens (primary N) is 2. The van der Waals surface area contributed by atoms with Crippen molar-refractivity contribution >= 4 is 35.8 Å². The highest BCUT2D eigenvalue weighted by Crippen LogP contribution is 2.38. The number of amides is 2. The van der Waals surface area contributed by atoms with Crippen LogP contribution in [-0.2, 0) is 19.2 Å². The second-order valence-corrected chi connectivity index (χ2v) is 5.19. The maximum Gasteiger partial charge on any atom is 0.353 e. The summed E-state index contributed by atoms with van der Waals surface area (Å²) in [7, 11) is 0. The van der Waals surface area contributed by atoms with Gasteiger partial charge in [0.25, 0.3) is 5.91 Å². The standard InChI is InChI=1S/C10H12N4O5S/c11-5(15)2-19-13-1-4-3-20-9-6(12)8(16)14(9)7(4)10(17)18/h1,6,9H,2-3,12H2,(H2,11,15)(H,17,18)/t6-,9-/m1/s1. The summed E-state index contributed by atoms with van der Waals surface area (Å²) in [4.78, 5) is 39.1. The Kier molecular flexibility index (Phi) is 3.95. The number of carbonyl (C=O) groups is 3. The average Bonchev–Trinajstić information content (AvgIpc) is 2.41. The third-order valence-electron chi connectivity index (χ3n) is 2.73. The molecule has 9 nitrogen and oxygen atoms in total. The molecule has 108 valence electrons. The van der Waals surface area contributed by atoms with Crippen LogP contribution in [-0.4, -0.2) is 57.8 Å². The molecule has 0 bridgehead atoms. The molecule has 0 aromatic rings. The molecule has 0 unspecified atom stereocenters. The third kappa shape index (κ3) is 2.47. The van der Waals surface area contributed by atoms with E-state index in [9.17, 15) is 19.5 Å². The number of aliphatic carboxylic acids is 1. The summed E-state index contributed by atoms with van der Waals surface area (Å²) in [5.41, 5.74) is 10.6. The fourth-order valence-electron chi connectivity index (χ4n) is 1.84. The number of hydrogen-bond donors (Lipinski definition) is 3. The maximum absolute atomic E-state index is 11.6. The molecule has 2 heterocycles. The molecular formula is C10H12N4O5S. The van der Waals surface area contributed by atoms with E-state index in [4.69, 9.17) is 11.5 Å². The van der Waals surface area contributed by atoms with Gasteiger partial charge < -0.3 is 21.4 Å². The number of β-lactam (4-membered cyclic amide) rings is 1. The Hall–Kier alpha value is -2.07. The molecule has 2 atom stereocenters. The lowest BCUT2D eigenvalue weighted by atomic mass is 10.0. The molecule has 1 fully saturated rings. The number of oxime groups is 1. The lowest BCUT2D eigenvalue weighted by molar-refractivity contribution is -0.147. The molecule has 1 saturated heterocycles. The van der Waals surface area contributed by atoms with Crippen molar-refractivity contribution in [1.82, 2.24) is 4.90 Å². The molecule has 2 amide bonds. The first-order chi connectivity index (χ1) is 9.43. The zero-order chi connectivity index (χ0) is 14.9. The van der Waals surface area contributed by atoms with Crippen LogP contribution < -0.4 is 11.5 Å². The van der Waals surface area contributed by atoms with Crippen LogP contribution in [0.3, 0.4) is 0 Å². The fourth-order valence-corrected chi connectivity index (χ4v) is 3.08. The van der Waals surface area contributed by atoms with Crippen LogP contribution in [0.5, 0.6) is 0 Å². The van der Waals surface area contributed by atoms with Gasteiger partial charge >= 0.3 is 5.97 Å². The Morgan fingerprint density at radius 2 is 2.30 bits per heavy atom. The minimum atomic E-state index is -1.24. The van der Waals surface area contributed by atoms with E-state index in [1.807, 2.05) is 0 Å². The summed E-state index contributed by atoms with van der Waals surface area (Å²) >= 11 is 1.34. The Balaban J connectivity index is 2.18. The Morgan fingerprint density at radius 3 is 2.90 bits per heavy atom. The van der Waals surface area contributed by atoms with Gasteiger partial charge in [-0.25, -0.2) is 4.79 Å². The number of carboxylic acid groups (broad SMARTS) is 1. The molecule has 0 spiro atoms. The largest absolute Gasteiger partial charge is 0.477 e. The van der Waals surface area contributed by atoms with Crippen LogP contribution in [0.15, 0.2) is 16.4 Å². The van der Waals surface area contributed by atoms with E-state index in [0.717, 1.165) is 11.1 Å². The van der Waals surface area contributed by atoms with Gasteiger partial charge in [-0.15, -0.1) is 11.8 Å². The highest BCUT2D eigenvalue weighted by Gasteiger charge is 2.51. The summed E-state index contributed by atoms with van der Waals surface area (Å²) in [5.74, 6) is -2.06. The molecule has 2 aliphatic heterocycles. The van der Waals surface area contributed by atoms with Crippen LogP contribution in [0.1, 0.15) is 0 Å². The van der Waals surface area contributed by atoms with E-state index in [1.165, 1.54) is 11.8 Å². The first-order valence-electron chi connectivity index (χ1n) is 5.54. The van der Waals surface area contributed by atoms with Gasteiger partial charge in [-0.1, -0.05) is 5.16 Å². The minimum absolute atomic E-state index is 0.160. The van der Waals surface area contributed by atoms with Gasteiger partial charge in [0.15, 0.2) is 6.61 Å². The molecule has 5 N–H and O–H groups in total. The molecule has 10 heteroatoms. The highest BCUT2D eigenvalue weighted by atomic mass is 32.2. The number of hydrogen-bond acceptors (Lipinski definition) is 7. The van der Waals surface area contributed by atoms with Crippen molar-refractivity contribution < 1.29 is 24.3 Å². The maximum atomic E-state index is 11.6. The molecular weight excluding hydrogens is 288 g/mol. The number of primary amides is 1. The lowest BCUT2D eigenvalue weighted by Gasteiger charge is -2.47.